The molecule has 0 atom stereocenters. The zero-order valence-electron chi connectivity index (χ0n) is 11.3. The lowest BCUT2D eigenvalue weighted by molar-refractivity contribution is 0.0978. The number of carbonyl (C=O) groups excluding carboxylic acids is 1. The Morgan fingerprint density at radius 1 is 1.20 bits per heavy atom. The number of aryl methyl sites for hydroxylation is 2. The number of benzene rings is 1. The molecule has 0 saturated heterocycles. The van der Waals surface area contributed by atoms with Crippen molar-refractivity contribution in [1.29, 1.82) is 0 Å². The Balaban J connectivity index is 1.91. The molecule has 0 saturated carbocycles. The third kappa shape index (κ3) is 3.63. The van der Waals surface area contributed by atoms with Gasteiger partial charge in [0.1, 0.15) is 5.82 Å². The Hall–Kier alpha value is -2.23. The van der Waals surface area contributed by atoms with Gasteiger partial charge in [0.05, 0.1) is 0 Å². The summed E-state index contributed by atoms with van der Waals surface area (Å²) in [7, 11) is 0. The lowest BCUT2D eigenvalue weighted by Crippen LogP contribution is -2.19. The highest BCUT2D eigenvalue weighted by Crippen LogP contribution is 2.07. The summed E-state index contributed by atoms with van der Waals surface area (Å²) in [4.78, 5) is 23.5. The molecular formula is C16H16FNO2. The first kappa shape index (κ1) is 14.2. The Morgan fingerprint density at radius 2 is 1.90 bits per heavy atom. The van der Waals surface area contributed by atoms with Gasteiger partial charge in [0, 0.05) is 30.8 Å². The maximum atomic E-state index is 12.8. The van der Waals surface area contributed by atoms with E-state index in [-0.39, 0.29) is 17.2 Å². The van der Waals surface area contributed by atoms with Crippen molar-refractivity contribution in [2.75, 3.05) is 0 Å². The second-order valence-electron chi connectivity index (χ2n) is 4.77. The van der Waals surface area contributed by atoms with Gasteiger partial charge in [-0.05, 0) is 49.2 Å². The molecule has 20 heavy (non-hydrogen) atoms. The van der Waals surface area contributed by atoms with Gasteiger partial charge in [0.15, 0.2) is 5.78 Å². The molecule has 0 aliphatic heterocycles. The van der Waals surface area contributed by atoms with Crippen LogP contribution in [0.2, 0.25) is 0 Å². The van der Waals surface area contributed by atoms with Crippen molar-refractivity contribution < 1.29 is 9.18 Å². The van der Waals surface area contributed by atoms with Gasteiger partial charge in [-0.1, -0.05) is 0 Å². The van der Waals surface area contributed by atoms with Crippen LogP contribution >= 0.6 is 0 Å². The molecule has 0 aliphatic rings. The maximum Gasteiger partial charge on any atom is 0.250 e. The van der Waals surface area contributed by atoms with Crippen LogP contribution in [0, 0.1) is 12.7 Å². The van der Waals surface area contributed by atoms with Gasteiger partial charge >= 0.3 is 0 Å². The van der Waals surface area contributed by atoms with E-state index in [1.165, 1.54) is 24.3 Å². The van der Waals surface area contributed by atoms with Gasteiger partial charge in [0.2, 0.25) is 0 Å². The number of carbonyl (C=O) groups is 1. The van der Waals surface area contributed by atoms with E-state index >= 15 is 0 Å². The molecule has 0 aliphatic carbocycles. The number of ketones is 1. The first-order valence-corrected chi connectivity index (χ1v) is 6.52. The van der Waals surface area contributed by atoms with Crippen LogP contribution in [-0.2, 0) is 6.54 Å². The fourth-order valence-corrected chi connectivity index (χ4v) is 1.98. The summed E-state index contributed by atoms with van der Waals surface area (Å²) < 4.78 is 14.3. The van der Waals surface area contributed by atoms with E-state index in [4.69, 9.17) is 0 Å². The van der Waals surface area contributed by atoms with Crippen LogP contribution < -0.4 is 5.56 Å². The van der Waals surface area contributed by atoms with Gasteiger partial charge in [-0.3, -0.25) is 9.59 Å². The number of pyridine rings is 1. The molecule has 0 spiro atoms. The molecular weight excluding hydrogens is 257 g/mol. The molecule has 0 N–H and O–H groups in total. The predicted molar refractivity (Wildman–Crippen MR) is 75.4 cm³/mol. The van der Waals surface area contributed by atoms with Crippen molar-refractivity contribution >= 4 is 5.78 Å². The zero-order valence-corrected chi connectivity index (χ0v) is 11.3. The van der Waals surface area contributed by atoms with E-state index in [2.05, 4.69) is 0 Å². The van der Waals surface area contributed by atoms with Gasteiger partial charge in [-0.25, -0.2) is 4.39 Å². The number of Topliss-reactive ketones (excluding diaryl/α,β-unsaturated/α-hetero) is 1. The standard InChI is InChI=1S/C16H16FNO2/c1-12-8-10-18(16(20)11-12)9-2-3-15(19)13-4-6-14(17)7-5-13/h4-8,10-11H,2-3,9H2,1H3. The van der Waals surface area contributed by atoms with Gasteiger partial charge in [-0.2, -0.15) is 0 Å². The molecule has 4 heteroatoms. The molecule has 0 unspecified atom stereocenters. The zero-order chi connectivity index (χ0) is 14.5. The first-order valence-electron chi connectivity index (χ1n) is 6.52. The van der Waals surface area contributed by atoms with E-state index in [1.807, 2.05) is 13.0 Å². The Labute approximate surface area is 116 Å². The van der Waals surface area contributed by atoms with E-state index in [0.717, 1.165) is 5.56 Å². The third-order valence-electron chi connectivity index (χ3n) is 3.12. The van der Waals surface area contributed by atoms with Crippen molar-refractivity contribution in [2.45, 2.75) is 26.3 Å². The van der Waals surface area contributed by atoms with Crippen LogP contribution in [0.5, 0.6) is 0 Å². The quantitative estimate of drug-likeness (QED) is 0.786. The molecule has 104 valence electrons. The Morgan fingerprint density at radius 3 is 2.55 bits per heavy atom. The van der Waals surface area contributed by atoms with E-state index < -0.39 is 0 Å². The summed E-state index contributed by atoms with van der Waals surface area (Å²) in [6.07, 6.45) is 2.66. The molecule has 0 amide bonds. The van der Waals surface area contributed by atoms with Gasteiger partial charge in [-0.15, -0.1) is 0 Å². The normalized spacial score (nSPS) is 10.5. The van der Waals surface area contributed by atoms with Crippen molar-refractivity contribution in [3.8, 4) is 0 Å². The molecule has 2 rings (SSSR count). The summed E-state index contributed by atoms with van der Waals surface area (Å²) in [5.41, 5.74) is 1.37. The summed E-state index contributed by atoms with van der Waals surface area (Å²) in [5.74, 6) is -0.391. The van der Waals surface area contributed by atoms with Gasteiger partial charge in [0.25, 0.3) is 5.56 Å². The third-order valence-corrected chi connectivity index (χ3v) is 3.12. The topological polar surface area (TPSA) is 39.1 Å². The number of aromatic nitrogens is 1. The minimum atomic E-state index is -0.354. The fraction of sp³-hybridized carbons (Fsp3) is 0.250. The second kappa shape index (κ2) is 6.28. The highest BCUT2D eigenvalue weighted by molar-refractivity contribution is 5.95. The number of hydrogen-bond donors (Lipinski definition) is 0. The predicted octanol–water partition coefficient (Wildman–Crippen LogP) is 2.96. The molecule has 3 nitrogen and oxygen atoms in total. The van der Waals surface area contributed by atoms with Crippen molar-refractivity contribution in [1.82, 2.24) is 4.57 Å². The molecule has 0 bridgehead atoms. The van der Waals surface area contributed by atoms with Crippen LogP contribution in [0.15, 0.2) is 47.4 Å². The molecule has 0 radical (unpaired) electrons. The van der Waals surface area contributed by atoms with Crippen LogP contribution in [0.1, 0.15) is 28.8 Å². The second-order valence-corrected chi connectivity index (χ2v) is 4.77. The summed E-state index contributed by atoms with van der Waals surface area (Å²) in [6.45, 7) is 2.37. The Bertz CT molecular complexity index is 659. The summed E-state index contributed by atoms with van der Waals surface area (Å²) in [6, 6.07) is 8.95. The lowest BCUT2D eigenvalue weighted by atomic mass is 10.1. The summed E-state index contributed by atoms with van der Waals surface area (Å²) >= 11 is 0. The van der Waals surface area contributed by atoms with Crippen LogP contribution in [0.4, 0.5) is 4.39 Å². The number of rotatable bonds is 5. The number of halogens is 1. The highest BCUT2D eigenvalue weighted by atomic mass is 19.1. The smallest absolute Gasteiger partial charge is 0.250 e. The average Bonchev–Trinajstić information content (AvgIpc) is 2.42. The highest BCUT2D eigenvalue weighted by Gasteiger charge is 2.06. The maximum absolute atomic E-state index is 12.8. The van der Waals surface area contributed by atoms with E-state index in [0.29, 0.717) is 24.9 Å². The van der Waals surface area contributed by atoms with Crippen molar-refractivity contribution in [2.24, 2.45) is 0 Å². The molecule has 1 aromatic heterocycles. The van der Waals surface area contributed by atoms with Crippen molar-refractivity contribution in [3.63, 3.8) is 0 Å². The van der Waals surface area contributed by atoms with E-state index in [1.54, 1.807) is 16.8 Å². The number of nitrogens with zero attached hydrogens (tertiary/aromatic N) is 1. The van der Waals surface area contributed by atoms with Crippen LogP contribution in [0.25, 0.3) is 0 Å². The van der Waals surface area contributed by atoms with Crippen LogP contribution in [0.3, 0.4) is 0 Å². The van der Waals surface area contributed by atoms with E-state index in [9.17, 15) is 14.0 Å². The fourth-order valence-electron chi connectivity index (χ4n) is 1.98. The largest absolute Gasteiger partial charge is 0.316 e. The average molecular weight is 273 g/mol. The lowest BCUT2D eigenvalue weighted by Gasteiger charge is -2.05. The Kier molecular flexibility index (Phi) is 4.45. The molecule has 1 aromatic carbocycles. The van der Waals surface area contributed by atoms with Crippen LogP contribution in [-0.4, -0.2) is 10.4 Å². The first-order chi connectivity index (χ1) is 9.56. The minimum Gasteiger partial charge on any atom is -0.316 e. The molecule has 1 heterocycles. The molecule has 0 fully saturated rings. The SMILES string of the molecule is Cc1ccn(CCCC(=O)c2ccc(F)cc2)c(=O)c1. The van der Waals surface area contributed by atoms with Gasteiger partial charge < -0.3 is 4.57 Å². The monoisotopic (exact) mass is 273 g/mol. The van der Waals surface area contributed by atoms with Crippen molar-refractivity contribution in [3.05, 3.63) is 69.9 Å². The minimum absolute atomic E-state index is 0.0369. The molecule has 2 aromatic rings. The number of hydrogen-bond acceptors (Lipinski definition) is 2. The summed E-state index contributed by atoms with van der Waals surface area (Å²) in [5, 5.41) is 0.